The summed E-state index contributed by atoms with van der Waals surface area (Å²) in [6, 6.07) is 0. The third-order valence-corrected chi connectivity index (χ3v) is 3.50. The highest BCUT2D eigenvalue weighted by atomic mass is 127. The third kappa shape index (κ3) is 5.12. The number of ether oxygens (including phenoxy) is 2. The predicted octanol–water partition coefficient (Wildman–Crippen LogP) is 0.979. The number of rotatable bonds is 5. The van der Waals surface area contributed by atoms with E-state index in [4.69, 9.17) is 4.74 Å². The van der Waals surface area contributed by atoms with Crippen molar-refractivity contribution in [3.8, 4) is 0 Å². The van der Waals surface area contributed by atoms with Gasteiger partial charge in [0.2, 0.25) is 0 Å². The minimum atomic E-state index is -0.157. The fourth-order valence-corrected chi connectivity index (χ4v) is 2.14. The van der Waals surface area contributed by atoms with Gasteiger partial charge in [0.1, 0.15) is 3.92 Å². The average molecular weight is 327 g/mol. The molecule has 88 valence electrons. The first kappa shape index (κ1) is 13.2. The highest BCUT2D eigenvalue weighted by molar-refractivity contribution is 14.1. The molecule has 1 atom stereocenters. The van der Waals surface area contributed by atoms with Crippen LogP contribution in [0.5, 0.6) is 0 Å². The van der Waals surface area contributed by atoms with Crippen molar-refractivity contribution in [1.82, 2.24) is 5.32 Å². The third-order valence-electron chi connectivity index (χ3n) is 2.55. The first-order chi connectivity index (χ1) is 7.24. The molecule has 1 N–H and O–H groups in total. The fraction of sp³-hybridized carbons (Fsp3) is 0.900. The molecule has 5 heteroatoms. The molecule has 0 aromatic heterocycles. The summed E-state index contributed by atoms with van der Waals surface area (Å²) >= 11 is 2.10. The van der Waals surface area contributed by atoms with E-state index in [9.17, 15) is 4.79 Å². The van der Waals surface area contributed by atoms with E-state index in [1.54, 1.807) is 0 Å². The summed E-state index contributed by atoms with van der Waals surface area (Å²) in [6.45, 7) is 3.40. The molecule has 0 aliphatic carbocycles. The Hall–Kier alpha value is 0.120. The number of methoxy groups -OCH3 is 1. The van der Waals surface area contributed by atoms with Gasteiger partial charge in [0, 0.05) is 19.8 Å². The van der Waals surface area contributed by atoms with Gasteiger partial charge in [0.15, 0.2) is 0 Å². The standard InChI is InChI=1S/C10H18INO3/c1-14-10(13)9(11)7-12-6-8-2-4-15-5-3-8/h8-9,12H,2-7H2,1H3. The van der Waals surface area contributed by atoms with Crippen molar-refractivity contribution >= 4 is 28.6 Å². The van der Waals surface area contributed by atoms with E-state index in [-0.39, 0.29) is 9.89 Å². The first-order valence-corrected chi connectivity index (χ1v) is 6.49. The molecular formula is C10H18INO3. The van der Waals surface area contributed by atoms with E-state index < -0.39 is 0 Å². The van der Waals surface area contributed by atoms with Crippen LogP contribution in [-0.4, -0.2) is 43.3 Å². The summed E-state index contributed by atoms with van der Waals surface area (Å²) in [5, 5.41) is 3.31. The molecule has 1 heterocycles. The molecule has 1 saturated heterocycles. The van der Waals surface area contributed by atoms with Gasteiger partial charge in [-0.05, 0) is 25.3 Å². The van der Waals surface area contributed by atoms with Gasteiger partial charge >= 0.3 is 5.97 Å². The Morgan fingerprint density at radius 3 is 2.87 bits per heavy atom. The normalized spacial score (nSPS) is 19.9. The Kier molecular flexibility index (Phi) is 6.51. The van der Waals surface area contributed by atoms with Crippen molar-refractivity contribution in [2.24, 2.45) is 5.92 Å². The van der Waals surface area contributed by atoms with Crippen LogP contribution >= 0.6 is 22.6 Å². The smallest absolute Gasteiger partial charge is 0.319 e. The molecule has 15 heavy (non-hydrogen) atoms. The van der Waals surface area contributed by atoms with E-state index in [1.807, 2.05) is 0 Å². The zero-order chi connectivity index (χ0) is 11.1. The molecule has 0 aromatic carbocycles. The van der Waals surface area contributed by atoms with Crippen molar-refractivity contribution in [1.29, 1.82) is 0 Å². The summed E-state index contributed by atoms with van der Waals surface area (Å²) in [5.41, 5.74) is 0. The molecule has 1 aliphatic heterocycles. The van der Waals surface area contributed by atoms with Crippen LogP contribution in [-0.2, 0) is 14.3 Å². The summed E-state index contributed by atoms with van der Waals surface area (Å²) < 4.78 is 9.84. The van der Waals surface area contributed by atoms with E-state index >= 15 is 0 Å². The molecule has 0 aromatic rings. The number of alkyl halides is 1. The molecule has 0 spiro atoms. The number of esters is 1. The van der Waals surface area contributed by atoms with Crippen LogP contribution in [0.25, 0.3) is 0 Å². The van der Waals surface area contributed by atoms with Crippen LogP contribution in [0.1, 0.15) is 12.8 Å². The zero-order valence-electron chi connectivity index (χ0n) is 9.00. The maximum absolute atomic E-state index is 11.1. The second-order valence-electron chi connectivity index (χ2n) is 3.70. The van der Waals surface area contributed by atoms with E-state index in [0.717, 1.165) is 32.6 Å². The molecule has 0 bridgehead atoms. The van der Waals surface area contributed by atoms with Gasteiger partial charge in [0.05, 0.1) is 7.11 Å². The lowest BCUT2D eigenvalue weighted by Gasteiger charge is -2.22. The Labute approximate surface area is 104 Å². The van der Waals surface area contributed by atoms with Gasteiger partial charge in [-0.3, -0.25) is 4.79 Å². The largest absolute Gasteiger partial charge is 0.468 e. The fourth-order valence-electron chi connectivity index (χ4n) is 1.58. The monoisotopic (exact) mass is 327 g/mol. The quantitative estimate of drug-likeness (QED) is 0.465. The highest BCUT2D eigenvalue weighted by Gasteiger charge is 2.17. The van der Waals surface area contributed by atoms with Gasteiger partial charge in [-0.15, -0.1) is 0 Å². The average Bonchev–Trinajstić information content (AvgIpc) is 2.29. The number of hydrogen-bond acceptors (Lipinski definition) is 4. The summed E-state index contributed by atoms with van der Waals surface area (Å²) in [7, 11) is 1.42. The minimum Gasteiger partial charge on any atom is -0.468 e. The zero-order valence-corrected chi connectivity index (χ0v) is 11.2. The van der Waals surface area contributed by atoms with Crippen LogP contribution in [0, 0.1) is 5.92 Å². The molecule has 1 aliphatic rings. The number of halogens is 1. The molecule has 4 nitrogen and oxygen atoms in total. The number of hydrogen-bond donors (Lipinski definition) is 1. The van der Waals surface area contributed by atoms with Crippen molar-refractivity contribution in [2.45, 2.75) is 16.8 Å². The first-order valence-electron chi connectivity index (χ1n) is 5.24. The lowest BCUT2D eigenvalue weighted by Crippen LogP contribution is -2.34. The van der Waals surface area contributed by atoms with Crippen LogP contribution in [0.15, 0.2) is 0 Å². The van der Waals surface area contributed by atoms with Crippen LogP contribution in [0.4, 0.5) is 0 Å². The maximum Gasteiger partial charge on any atom is 0.319 e. The molecule has 1 unspecified atom stereocenters. The van der Waals surface area contributed by atoms with E-state index in [0.29, 0.717) is 12.5 Å². The molecule has 0 radical (unpaired) electrons. The second kappa shape index (κ2) is 7.40. The van der Waals surface area contributed by atoms with Crippen molar-refractivity contribution in [2.75, 3.05) is 33.4 Å². The van der Waals surface area contributed by atoms with Crippen molar-refractivity contribution in [3.05, 3.63) is 0 Å². The Balaban J connectivity index is 2.07. The minimum absolute atomic E-state index is 0.0903. The predicted molar refractivity (Wildman–Crippen MR) is 66.2 cm³/mol. The number of carbonyl (C=O) groups is 1. The van der Waals surface area contributed by atoms with Gasteiger partial charge in [-0.2, -0.15) is 0 Å². The Morgan fingerprint density at radius 1 is 1.60 bits per heavy atom. The number of carbonyl (C=O) groups excluding carboxylic acids is 1. The maximum atomic E-state index is 11.1. The van der Waals surface area contributed by atoms with Crippen molar-refractivity contribution < 1.29 is 14.3 Å². The van der Waals surface area contributed by atoms with Gasteiger partial charge in [-0.1, -0.05) is 22.6 Å². The van der Waals surface area contributed by atoms with Crippen LogP contribution < -0.4 is 5.32 Å². The summed E-state index contributed by atoms with van der Waals surface area (Å²) in [4.78, 5) is 11.1. The molecule has 1 rings (SSSR count). The highest BCUT2D eigenvalue weighted by Crippen LogP contribution is 2.13. The molecule has 0 saturated carbocycles. The van der Waals surface area contributed by atoms with Crippen LogP contribution in [0.3, 0.4) is 0 Å². The Bertz CT molecular complexity index is 195. The molecule has 0 amide bonds. The van der Waals surface area contributed by atoms with Gasteiger partial charge < -0.3 is 14.8 Å². The van der Waals surface area contributed by atoms with E-state index in [2.05, 4.69) is 32.6 Å². The molecular weight excluding hydrogens is 309 g/mol. The SMILES string of the molecule is COC(=O)C(I)CNCC1CCOCC1. The van der Waals surface area contributed by atoms with Gasteiger partial charge in [0.25, 0.3) is 0 Å². The summed E-state index contributed by atoms with van der Waals surface area (Å²) in [6.07, 6.45) is 2.24. The lowest BCUT2D eigenvalue weighted by molar-refractivity contribution is -0.139. The topological polar surface area (TPSA) is 47.6 Å². The van der Waals surface area contributed by atoms with E-state index in [1.165, 1.54) is 7.11 Å². The Morgan fingerprint density at radius 2 is 2.27 bits per heavy atom. The lowest BCUT2D eigenvalue weighted by atomic mass is 10.0. The second-order valence-corrected chi connectivity index (χ2v) is 5.21. The van der Waals surface area contributed by atoms with Gasteiger partial charge in [-0.25, -0.2) is 0 Å². The number of nitrogens with one attached hydrogen (secondary N) is 1. The van der Waals surface area contributed by atoms with Crippen LogP contribution in [0.2, 0.25) is 0 Å². The van der Waals surface area contributed by atoms with Crippen molar-refractivity contribution in [3.63, 3.8) is 0 Å². The summed E-state index contributed by atoms with van der Waals surface area (Å²) in [5.74, 6) is 0.537. The molecule has 1 fully saturated rings.